The summed E-state index contributed by atoms with van der Waals surface area (Å²) in [6.07, 6.45) is 1.68. The van der Waals surface area contributed by atoms with Crippen molar-refractivity contribution in [3.63, 3.8) is 0 Å². The number of likely N-dealkylation sites (N-methyl/N-ethyl adjacent to an activating group) is 1. The van der Waals surface area contributed by atoms with Crippen LogP contribution in [0.2, 0.25) is 0 Å². The minimum Gasteiger partial charge on any atom is -0.484 e. The lowest BCUT2D eigenvalue weighted by molar-refractivity contribution is -0.120. The van der Waals surface area contributed by atoms with Crippen LogP contribution in [0.3, 0.4) is 0 Å². The molecular weight excluding hydrogens is 368 g/mol. The number of carbonyl (C=O) groups is 1. The smallest absolute Gasteiger partial charge is 0.266 e. The third-order valence-corrected chi connectivity index (χ3v) is 4.14. The highest BCUT2D eigenvalue weighted by atomic mass is 79.9. The first-order chi connectivity index (χ1) is 11.3. The van der Waals surface area contributed by atoms with Gasteiger partial charge in [0, 0.05) is 17.2 Å². The standard InChI is InChI=1S/C19H23BrN2O2/c1-5-22(17-10-9-15(20)12-21-17)18(23)13-24-16-8-6-7-14(11-16)19(2,3)4/h6-12H,5,13H2,1-4H3. The van der Waals surface area contributed by atoms with Crippen molar-refractivity contribution in [2.24, 2.45) is 0 Å². The van der Waals surface area contributed by atoms with Crippen molar-refractivity contribution in [2.45, 2.75) is 33.1 Å². The van der Waals surface area contributed by atoms with E-state index in [4.69, 9.17) is 4.74 Å². The Morgan fingerprint density at radius 3 is 2.58 bits per heavy atom. The number of rotatable bonds is 5. The molecule has 4 nitrogen and oxygen atoms in total. The predicted octanol–water partition coefficient (Wildman–Crippen LogP) is 4.57. The molecule has 1 aromatic carbocycles. The van der Waals surface area contributed by atoms with Gasteiger partial charge in [0.1, 0.15) is 11.6 Å². The zero-order valence-electron chi connectivity index (χ0n) is 14.5. The van der Waals surface area contributed by atoms with Crippen LogP contribution in [0.25, 0.3) is 0 Å². The average molecular weight is 391 g/mol. The summed E-state index contributed by atoms with van der Waals surface area (Å²) in [6, 6.07) is 11.6. The van der Waals surface area contributed by atoms with E-state index in [9.17, 15) is 4.79 Å². The lowest BCUT2D eigenvalue weighted by Crippen LogP contribution is -2.35. The summed E-state index contributed by atoms with van der Waals surface area (Å²) in [4.78, 5) is 18.3. The molecule has 1 amide bonds. The van der Waals surface area contributed by atoms with Gasteiger partial charge < -0.3 is 4.74 Å². The lowest BCUT2D eigenvalue weighted by Gasteiger charge is -2.21. The third-order valence-electron chi connectivity index (χ3n) is 3.67. The van der Waals surface area contributed by atoms with Crippen molar-refractivity contribution in [3.8, 4) is 5.75 Å². The maximum Gasteiger partial charge on any atom is 0.266 e. The number of hydrogen-bond acceptors (Lipinski definition) is 3. The molecule has 5 heteroatoms. The summed E-state index contributed by atoms with van der Waals surface area (Å²) in [6.45, 7) is 8.89. The minimum absolute atomic E-state index is 0.0147. The Balaban J connectivity index is 2.05. The molecule has 0 aliphatic rings. The fourth-order valence-electron chi connectivity index (χ4n) is 2.27. The Kier molecular flexibility index (Phi) is 5.99. The molecule has 0 aliphatic heterocycles. The summed E-state index contributed by atoms with van der Waals surface area (Å²) in [5.41, 5.74) is 1.22. The number of nitrogens with zero attached hydrogens (tertiary/aromatic N) is 2. The zero-order valence-corrected chi connectivity index (χ0v) is 16.1. The highest BCUT2D eigenvalue weighted by molar-refractivity contribution is 9.10. The van der Waals surface area contributed by atoms with Crippen molar-refractivity contribution in [1.82, 2.24) is 4.98 Å². The Hall–Kier alpha value is -1.88. The largest absolute Gasteiger partial charge is 0.484 e. The van der Waals surface area contributed by atoms with Gasteiger partial charge in [0.05, 0.1) is 0 Å². The van der Waals surface area contributed by atoms with E-state index in [1.54, 1.807) is 11.1 Å². The van der Waals surface area contributed by atoms with E-state index < -0.39 is 0 Å². The molecular formula is C19H23BrN2O2. The summed E-state index contributed by atoms with van der Waals surface area (Å²) < 4.78 is 6.58. The number of carbonyl (C=O) groups excluding carboxylic acids is 1. The van der Waals surface area contributed by atoms with Crippen LogP contribution in [0.15, 0.2) is 47.1 Å². The van der Waals surface area contributed by atoms with E-state index in [1.165, 1.54) is 5.56 Å². The Morgan fingerprint density at radius 2 is 2.00 bits per heavy atom. The van der Waals surface area contributed by atoms with Gasteiger partial charge in [-0.05, 0) is 58.1 Å². The quantitative estimate of drug-likeness (QED) is 0.750. The number of aromatic nitrogens is 1. The van der Waals surface area contributed by atoms with Crippen LogP contribution in [0.5, 0.6) is 5.75 Å². The molecule has 0 radical (unpaired) electrons. The van der Waals surface area contributed by atoms with Crippen molar-refractivity contribution >= 4 is 27.7 Å². The number of amides is 1. The molecule has 0 saturated carbocycles. The molecule has 128 valence electrons. The molecule has 24 heavy (non-hydrogen) atoms. The average Bonchev–Trinajstić information content (AvgIpc) is 2.55. The van der Waals surface area contributed by atoms with Crippen molar-refractivity contribution in [3.05, 3.63) is 52.6 Å². The van der Waals surface area contributed by atoms with Crippen LogP contribution in [0.1, 0.15) is 33.3 Å². The van der Waals surface area contributed by atoms with Gasteiger partial charge in [-0.2, -0.15) is 0 Å². The molecule has 0 unspecified atom stereocenters. The van der Waals surface area contributed by atoms with E-state index in [2.05, 4.69) is 47.8 Å². The maximum absolute atomic E-state index is 12.5. The second-order valence-corrected chi connectivity index (χ2v) is 7.45. The van der Waals surface area contributed by atoms with Crippen LogP contribution < -0.4 is 9.64 Å². The molecule has 0 N–H and O–H groups in total. The first kappa shape index (κ1) is 18.5. The number of hydrogen-bond donors (Lipinski definition) is 0. The molecule has 2 rings (SSSR count). The second-order valence-electron chi connectivity index (χ2n) is 6.54. The van der Waals surface area contributed by atoms with E-state index in [0.717, 1.165) is 4.47 Å². The van der Waals surface area contributed by atoms with Crippen LogP contribution in [-0.2, 0) is 10.2 Å². The lowest BCUT2D eigenvalue weighted by atomic mass is 9.87. The van der Waals surface area contributed by atoms with Crippen LogP contribution in [0.4, 0.5) is 5.82 Å². The number of halogens is 1. The second kappa shape index (κ2) is 7.79. The van der Waals surface area contributed by atoms with E-state index >= 15 is 0 Å². The molecule has 0 atom stereocenters. The van der Waals surface area contributed by atoms with Crippen LogP contribution >= 0.6 is 15.9 Å². The fourth-order valence-corrected chi connectivity index (χ4v) is 2.50. The van der Waals surface area contributed by atoms with Gasteiger partial charge in [-0.1, -0.05) is 32.9 Å². The monoisotopic (exact) mass is 390 g/mol. The number of anilines is 1. The van der Waals surface area contributed by atoms with Gasteiger partial charge in [-0.15, -0.1) is 0 Å². The topological polar surface area (TPSA) is 42.4 Å². The summed E-state index contributed by atoms with van der Waals surface area (Å²) >= 11 is 3.35. The van der Waals surface area contributed by atoms with Gasteiger partial charge in [0.2, 0.25) is 0 Å². The molecule has 0 fully saturated rings. The first-order valence-electron chi connectivity index (χ1n) is 7.96. The number of pyridine rings is 1. The Bertz CT molecular complexity index is 693. The molecule has 1 heterocycles. The van der Waals surface area contributed by atoms with Crippen molar-refractivity contribution in [2.75, 3.05) is 18.1 Å². The van der Waals surface area contributed by atoms with Gasteiger partial charge >= 0.3 is 0 Å². The van der Waals surface area contributed by atoms with Crippen LogP contribution in [-0.4, -0.2) is 24.0 Å². The Morgan fingerprint density at radius 1 is 1.25 bits per heavy atom. The first-order valence-corrected chi connectivity index (χ1v) is 8.76. The number of ether oxygens (including phenoxy) is 1. The van der Waals surface area contributed by atoms with Crippen molar-refractivity contribution in [1.29, 1.82) is 0 Å². The predicted molar refractivity (Wildman–Crippen MR) is 101 cm³/mol. The van der Waals surface area contributed by atoms with Gasteiger partial charge in [0.15, 0.2) is 6.61 Å². The zero-order chi connectivity index (χ0) is 17.7. The molecule has 0 bridgehead atoms. The molecule has 1 aromatic heterocycles. The van der Waals surface area contributed by atoms with Gasteiger partial charge in [-0.3, -0.25) is 9.69 Å². The number of benzene rings is 1. The van der Waals surface area contributed by atoms with Gasteiger partial charge in [0.25, 0.3) is 5.91 Å². The molecule has 0 saturated heterocycles. The molecule has 2 aromatic rings. The molecule has 0 spiro atoms. The normalized spacial score (nSPS) is 11.2. The highest BCUT2D eigenvalue weighted by Gasteiger charge is 2.17. The molecule has 0 aliphatic carbocycles. The minimum atomic E-state index is -0.117. The highest BCUT2D eigenvalue weighted by Crippen LogP contribution is 2.25. The maximum atomic E-state index is 12.5. The van der Waals surface area contributed by atoms with Crippen LogP contribution in [0, 0.1) is 0 Å². The summed E-state index contributed by atoms with van der Waals surface area (Å²) in [5.74, 6) is 1.21. The van der Waals surface area contributed by atoms with E-state index in [0.29, 0.717) is 18.1 Å². The summed E-state index contributed by atoms with van der Waals surface area (Å²) in [5, 5.41) is 0. The third kappa shape index (κ3) is 4.81. The fraction of sp³-hybridized carbons (Fsp3) is 0.368. The summed E-state index contributed by atoms with van der Waals surface area (Å²) in [7, 11) is 0. The van der Waals surface area contributed by atoms with Gasteiger partial charge in [-0.25, -0.2) is 4.98 Å². The SMILES string of the molecule is CCN(C(=O)COc1cccc(C(C)(C)C)c1)c1ccc(Br)cn1. The van der Waals surface area contributed by atoms with Crippen molar-refractivity contribution < 1.29 is 9.53 Å². The Labute approximate surface area is 152 Å². The van der Waals surface area contributed by atoms with E-state index in [-0.39, 0.29) is 17.9 Å². The van der Waals surface area contributed by atoms with E-state index in [1.807, 2.05) is 37.3 Å².